The van der Waals surface area contributed by atoms with E-state index >= 15 is 0 Å². The Labute approximate surface area is 164 Å². The minimum absolute atomic E-state index is 0.114. The van der Waals surface area contributed by atoms with Crippen LogP contribution in [0.25, 0.3) is 10.8 Å². The van der Waals surface area contributed by atoms with Gasteiger partial charge in [-0.1, -0.05) is 35.5 Å². The molecule has 2 N–H and O–H groups in total. The molecule has 0 radical (unpaired) electrons. The summed E-state index contributed by atoms with van der Waals surface area (Å²) in [5.74, 6) is -1.13. The van der Waals surface area contributed by atoms with Gasteiger partial charge in [-0.15, -0.1) is 5.10 Å². The summed E-state index contributed by atoms with van der Waals surface area (Å²) < 4.78 is 29.7. The van der Waals surface area contributed by atoms with Crippen LogP contribution in [0.1, 0.15) is 23.3 Å². The maximum Gasteiger partial charge on any atom is 0.358 e. The van der Waals surface area contributed by atoms with Gasteiger partial charge in [0.05, 0.1) is 11.1 Å². The standard InChI is InChI=1S/C17H17BrN4O4S/c18-16-13-6-2-1-5-12(13)7-8-15(16)27(25,26)19-9-3-4-10-22-11-14(17(23)24)20-21-22/h1-2,5-8,11,19H,3-4,9-10H2,(H,23,24). The first-order chi connectivity index (χ1) is 12.9. The predicted octanol–water partition coefficient (Wildman–Crippen LogP) is 2.65. The van der Waals surface area contributed by atoms with Gasteiger partial charge in [0.15, 0.2) is 5.69 Å². The third kappa shape index (κ3) is 4.52. The largest absolute Gasteiger partial charge is 0.476 e. The van der Waals surface area contributed by atoms with Crippen molar-refractivity contribution in [2.75, 3.05) is 6.54 Å². The number of carboxylic acid groups (broad SMARTS) is 1. The number of sulfonamides is 1. The molecule has 0 bridgehead atoms. The molecule has 27 heavy (non-hydrogen) atoms. The minimum atomic E-state index is -3.64. The van der Waals surface area contributed by atoms with Crippen LogP contribution in [0.15, 0.2) is 52.0 Å². The molecule has 142 valence electrons. The summed E-state index contributed by atoms with van der Waals surface area (Å²) in [5, 5.41) is 17.8. The number of aromatic nitrogens is 3. The molecule has 1 heterocycles. The lowest BCUT2D eigenvalue weighted by Gasteiger charge is -2.10. The van der Waals surface area contributed by atoms with Crippen molar-refractivity contribution in [3.63, 3.8) is 0 Å². The van der Waals surface area contributed by atoms with E-state index in [1.54, 1.807) is 12.1 Å². The topological polar surface area (TPSA) is 114 Å². The van der Waals surface area contributed by atoms with E-state index in [4.69, 9.17) is 5.11 Å². The van der Waals surface area contributed by atoms with Crippen molar-refractivity contribution < 1.29 is 18.3 Å². The minimum Gasteiger partial charge on any atom is -0.476 e. The van der Waals surface area contributed by atoms with Crippen molar-refractivity contribution in [1.82, 2.24) is 19.7 Å². The Morgan fingerprint density at radius 2 is 1.96 bits per heavy atom. The molecule has 1 aromatic heterocycles. The molecule has 8 nitrogen and oxygen atoms in total. The highest BCUT2D eigenvalue weighted by atomic mass is 79.9. The van der Waals surface area contributed by atoms with E-state index < -0.39 is 16.0 Å². The average molecular weight is 453 g/mol. The molecule has 0 aliphatic carbocycles. The normalized spacial score (nSPS) is 11.7. The summed E-state index contributed by atoms with van der Waals surface area (Å²) in [5.41, 5.74) is -0.114. The summed E-state index contributed by atoms with van der Waals surface area (Å²) in [6, 6.07) is 10.9. The van der Waals surface area contributed by atoms with E-state index in [0.717, 1.165) is 10.8 Å². The van der Waals surface area contributed by atoms with E-state index in [9.17, 15) is 13.2 Å². The molecule has 0 spiro atoms. The number of hydrogen-bond acceptors (Lipinski definition) is 5. The number of benzene rings is 2. The Balaban J connectivity index is 1.57. The third-order valence-electron chi connectivity index (χ3n) is 3.98. The van der Waals surface area contributed by atoms with Crippen molar-refractivity contribution in [3.05, 3.63) is 52.8 Å². The number of aryl methyl sites for hydroxylation is 1. The van der Waals surface area contributed by atoms with Crippen molar-refractivity contribution in [1.29, 1.82) is 0 Å². The molecule has 0 amide bonds. The zero-order valence-electron chi connectivity index (χ0n) is 14.2. The van der Waals surface area contributed by atoms with Gasteiger partial charge in [0.1, 0.15) is 0 Å². The molecular weight excluding hydrogens is 436 g/mol. The number of carboxylic acids is 1. The van der Waals surface area contributed by atoms with Crippen molar-refractivity contribution in [3.8, 4) is 0 Å². The van der Waals surface area contributed by atoms with Gasteiger partial charge in [0.2, 0.25) is 10.0 Å². The molecule has 0 saturated heterocycles. The van der Waals surface area contributed by atoms with Crippen LogP contribution in [-0.4, -0.2) is 41.0 Å². The van der Waals surface area contributed by atoms with Gasteiger partial charge in [0.25, 0.3) is 0 Å². The van der Waals surface area contributed by atoms with Gasteiger partial charge in [0, 0.05) is 17.6 Å². The molecular formula is C17H17BrN4O4S. The first-order valence-electron chi connectivity index (χ1n) is 8.19. The van der Waals surface area contributed by atoms with Gasteiger partial charge in [-0.3, -0.25) is 4.68 Å². The van der Waals surface area contributed by atoms with Crippen molar-refractivity contribution >= 4 is 42.7 Å². The highest BCUT2D eigenvalue weighted by Gasteiger charge is 2.18. The van der Waals surface area contributed by atoms with Crippen molar-refractivity contribution in [2.45, 2.75) is 24.3 Å². The summed E-state index contributed by atoms with van der Waals surface area (Å²) in [6.45, 7) is 0.726. The lowest BCUT2D eigenvalue weighted by molar-refractivity contribution is 0.0690. The van der Waals surface area contributed by atoms with Gasteiger partial charge in [-0.25, -0.2) is 17.9 Å². The molecule has 0 saturated carbocycles. The Kier molecular flexibility index (Phi) is 5.88. The molecule has 2 aromatic carbocycles. The second kappa shape index (κ2) is 8.15. The Bertz CT molecular complexity index is 1080. The van der Waals surface area contributed by atoms with E-state index in [0.29, 0.717) is 23.9 Å². The number of fused-ring (bicyclic) bond motifs is 1. The lowest BCUT2D eigenvalue weighted by atomic mass is 10.1. The molecule has 10 heteroatoms. The molecule has 0 unspecified atom stereocenters. The number of carbonyl (C=O) groups is 1. The molecule has 0 aliphatic rings. The smallest absolute Gasteiger partial charge is 0.358 e. The first-order valence-corrected chi connectivity index (χ1v) is 10.5. The van der Waals surface area contributed by atoms with E-state index in [1.165, 1.54) is 10.9 Å². The van der Waals surface area contributed by atoms with Crippen LogP contribution in [0.5, 0.6) is 0 Å². The van der Waals surface area contributed by atoms with E-state index in [1.807, 2.05) is 24.3 Å². The zero-order valence-corrected chi connectivity index (χ0v) is 16.6. The maximum atomic E-state index is 12.6. The molecule has 0 aliphatic heterocycles. The Morgan fingerprint density at radius 1 is 1.19 bits per heavy atom. The van der Waals surface area contributed by atoms with Gasteiger partial charge in [-0.2, -0.15) is 0 Å². The van der Waals surface area contributed by atoms with Crippen molar-refractivity contribution in [2.24, 2.45) is 0 Å². The van der Waals surface area contributed by atoms with E-state index in [2.05, 4.69) is 31.0 Å². The number of halogens is 1. The van der Waals surface area contributed by atoms with Crippen LogP contribution in [0.3, 0.4) is 0 Å². The fourth-order valence-electron chi connectivity index (χ4n) is 2.61. The van der Waals surface area contributed by atoms with E-state index in [-0.39, 0.29) is 17.1 Å². The SMILES string of the molecule is O=C(O)c1cn(CCCCNS(=O)(=O)c2ccc3ccccc3c2Br)nn1. The van der Waals surface area contributed by atoms with Crippen LogP contribution in [0.4, 0.5) is 0 Å². The fourth-order valence-corrected chi connectivity index (χ4v) is 4.90. The number of rotatable bonds is 8. The maximum absolute atomic E-state index is 12.6. The second-order valence-electron chi connectivity index (χ2n) is 5.88. The fraction of sp³-hybridized carbons (Fsp3) is 0.235. The van der Waals surface area contributed by atoms with Crippen LogP contribution in [0, 0.1) is 0 Å². The predicted molar refractivity (Wildman–Crippen MR) is 103 cm³/mol. The summed E-state index contributed by atoms with van der Waals surface area (Å²) in [4.78, 5) is 10.9. The zero-order chi connectivity index (χ0) is 19.4. The van der Waals surface area contributed by atoms with Crippen LogP contribution in [-0.2, 0) is 16.6 Å². The lowest BCUT2D eigenvalue weighted by Crippen LogP contribution is -2.25. The van der Waals surface area contributed by atoms with Gasteiger partial charge < -0.3 is 5.11 Å². The average Bonchev–Trinajstić information content (AvgIpc) is 3.11. The summed E-state index contributed by atoms with van der Waals surface area (Å²) >= 11 is 3.40. The number of aromatic carboxylic acids is 1. The monoisotopic (exact) mass is 452 g/mol. The quantitative estimate of drug-likeness (QED) is 0.507. The van der Waals surface area contributed by atoms with Gasteiger partial charge in [-0.05, 0) is 45.6 Å². The number of unbranched alkanes of at least 4 members (excludes halogenated alkanes) is 1. The highest BCUT2D eigenvalue weighted by molar-refractivity contribution is 9.10. The number of nitrogens with one attached hydrogen (secondary N) is 1. The third-order valence-corrected chi connectivity index (χ3v) is 6.60. The first kappa shape index (κ1) is 19.5. The second-order valence-corrected chi connectivity index (χ2v) is 8.40. The van der Waals surface area contributed by atoms with Crippen LogP contribution in [0.2, 0.25) is 0 Å². The Hall–Kier alpha value is -2.30. The molecule has 3 aromatic rings. The van der Waals surface area contributed by atoms with Gasteiger partial charge >= 0.3 is 5.97 Å². The Morgan fingerprint density at radius 3 is 2.70 bits per heavy atom. The highest BCUT2D eigenvalue weighted by Crippen LogP contribution is 2.30. The summed E-state index contributed by atoms with van der Waals surface area (Å²) in [6.07, 6.45) is 2.55. The molecule has 0 atom stereocenters. The number of hydrogen-bond donors (Lipinski definition) is 2. The molecule has 3 rings (SSSR count). The molecule has 0 fully saturated rings. The summed E-state index contributed by atoms with van der Waals surface area (Å²) in [7, 11) is -3.64. The van der Waals surface area contributed by atoms with Crippen LogP contribution < -0.4 is 4.72 Å². The van der Waals surface area contributed by atoms with Crippen LogP contribution >= 0.6 is 15.9 Å². The number of nitrogens with zero attached hydrogens (tertiary/aromatic N) is 3.